The largest absolute Gasteiger partial charge is 0.394 e. The maximum absolute atomic E-state index is 11.5. The molecule has 4 aliphatic carbocycles. The fraction of sp³-hybridized carbons (Fsp3) is 0.961. The summed E-state index contributed by atoms with van der Waals surface area (Å²) in [4.78, 5) is 0. The second-order valence-corrected chi connectivity index (χ2v) is 23.9. The molecule has 6 aliphatic heterocycles. The molecule has 31 atom stereocenters. The topological polar surface area (TPSA) is 315 Å². The molecule has 21 heteroatoms. The van der Waals surface area contributed by atoms with E-state index in [0.29, 0.717) is 48.3 Å². The molecule has 6 heterocycles. The Labute approximate surface area is 420 Å². The Morgan fingerprint density at radius 1 is 0.583 bits per heavy atom. The Hall–Kier alpha value is -1.10. The standard InChI is InChI=1S/C51H82O21/c1-20-9-14-51(63-19-20)21(2)32-29(72-51)16-28-26-8-7-24-15-25(10-12-49(24,5)27(26)11-13-50(28,32)6)66-46-39(60)36(57)42(30(17-52)67-46)69-47-40(61)37(58)43(31(18-53)68-47)70-48-41(62)44(34(55)23(4)65-48)71-45-38(59)35(56)33(54)22(3)64-45/h7,20-23,25-48,52-62H,8-19H2,1-6H3. The Balaban J connectivity index is 0.746. The Morgan fingerprint density at radius 2 is 1.15 bits per heavy atom. The van der Waals surface area contributed by atoms with Crippen molar-refractivity contribution in [3.63, 3.8) is 0 Å². The van der Waals surface area contributed by atoms with Gasteiger partial charge < -0.3 is 104 Å². The Morgan fingerprint density at radius 3 is 1.76 bits per heavy atom. The summed E-state index contributed by atoms with van der Waals surface area (Å²) in [6.07, 6.45) is -20.4. The Bertz CT molecular complexity index is 1900. The summed E-state index contributed by atoms with van der Waals surface area (Å²) in [6.45, 7) is 11.7. The molecule has 9 fully saturated rings. The number of ether oxygens (including phenoxy) is 10. The van der Waals surface area contributed by atoms with Gasteiger partial charge in [0, 0.05) is 12.3 Å². The Kier molecular flexibility index (Phi) is 15.5. The summed E-state index contributed by atoms with van der Waals surface area (Å²) in [5.41, 5.74) is 1.53. The third-order valence-corrected chi connectivity index (χ3v) is 19.8. The third-order valence-electron chi connectivity index (χ3n) is 19.8. The first-order valence-electron chi connectivity index (χ1n) is 26.7. The molecular formula is C51H82O21. The van der Waals surface area contributed by atoms with Crippen molar-refractivity contribution in [2.75, 3.05) is 19.8 Å². The molecule has 412 valence electrons. The first-order chi connectivity index (χ1) is 34.1. The zero-order valence-corrected chi connectivity index (χ0v) is 42.2. The maximum atomic E-state index is 11.5. The molecule has 6 saturated heterocycles. The molecule has 72 heavy (non-hydrogen) atoms. The van der Waals surface area contributed by atoms with Crippen LogP contribution in [-0.4, -0.2) is 217 Å². The second-order valence-electron chi connectivity index (χ2n) is 23.9. The van der Waals surface area contributed by atoms with Gasteiger partial charge in [0.2, 0.25) is 0 Å². The van der Waals surface area contributed by atoms with Gasteiger partial charge in [-0.2, -0.15) is 0 Å². The van der Waals surface area contributed by atoms with Gasteiger partial charge in [-0.25, -0.2) is 0 Å². The summed E-state index contributed by atoms with van der Waals surface area (Å²) in [5.74, 6) is 2.61. The van der Waals surface area contributed by atoms with Gasteiger partial charge in [0.05, 0.1) is 44.2 Å². The minimum absolute atomic E-state index is 0.0101. The van der Waals surface area contributed by atoms with E-state index in [-0.39, 0.29) is 23.0 Å². The number of fused-ring (bicyclic) bond motifs is 7. The number of hydrogen-bond acceptors (Lipinski definition) is 21. The molecule has 10 aliphatic rings. The number of rotatable bonds is 10. The smallest absolute Gasteiger partial charge is 0.187 e. The van der Waals surface area contributed by atoms with Gasteiger partial charge in [0.25, 0.3) is 0 Å². The van der Waals surface area contributed by atoms with Gasteiger partial charge in [-0.05, 0) is 106 Å². The van der Waals surface area contributed by atoms with Crippen LogP contribution in [0.3, 0.4) is 0 Å². The number of allylic oxidation sites excluding steroid dienone is 1. The van der Waals surface area contributed by atoms with E-state index in [4.69, 9.17) is 47.4 Å². The van der Waals surface area contributed by atoms with Crippen LogP contribution in [0.25, 0.3) is 0 Å². The average Bonchev–Trinajstić information content (AvgIpc) is 3.81. The van der Waals surface area contributed by atoms with E-state index < -0.39 is 142 Å². The fourth-order valence-corrected chi connectivity index (χ4v) is 15.5. The summed E-state index contributed by atoms with van der Waals surface area (Å²) >= 11 is 0. The summed E-state index contributed by atoms with van der Waals surface area (Å²) < 4.78 is 60.6. The van der Waals surface area contributed by atoms with Crippen LogP contribution < -0.4 is 0 Å². The lowest BCUT2D eigenvalue weighted by Crippen LogP contribution is -2.67. The number of aliphatic hydroxyl groups excluding tert-OH is 11. The van der Waals surface area contributed by atoms with Crippen molar-refractivity contribution in [2.45, 2.75) is 240 Å². The van der Waals surface area contributed by atoms with Crippen molar-refractivity contribution in [1.82, 2.24) is 0 Å². The molecule has 21 nitrogen and oxygen atoms in total. The van der Waals surface area contributed by atoms with E-state index in [1.54, 1.807) is 0 Å². The van der Waals surface area contributed by atoms with Crippen LogP contribution in [0.1, 0.15) is 99.3 Å². The lowest BCUT2D eigenvalue weighted by Gasteiger charge is -2.58. The minimum atomic E-state index is -1.94. The maximum Gasteiger partial charge on any atom is 0.187 e. The highest BCUT2D eigenvalue weighted by atomic mass is 16.8. The highest BCUT2D eigenvalue weighted by Crippen LogP contribution is 2.70. The number of hydrogen-bond donors (Lipinski definition) is 11. The van der Waals surface area contributed by atoms with Gasteiger partial charge in [0.15, 0.2) is 30.9 Å². The second kappa shape index (κ2) is 20.6. The van der Waals surface area contributed by atoms with Crippen LogP contribution in [0.15, 0.2) is 11.6 Å². The molecule has 0 aromatic rings. The van der Waals surface area contributed by atoms with Crippen LogP contribution in [0, 0.1) is 46.3 Å². The van der Waals surface area contributed by atoms with Crippen LogP contribution >= 0.6 is 0 Å². The van der Waals surface area contributed by atoms with Gasteiger partial charge in [0.1, 0.15) is 85.5 Å². The van der Waals surface area contributed by atoms with Crippen molar-refractivity contribution in [2.24, 2.45) is 46.3 Å². The molecule has 1 spiro atoms. The van der Waals surface area contributed by atoms with Crippen molar-refractivity contribution in [1.29, 1.82) is 0 Å². The van der Waals surface area contributed by atoms with Gasteiger partial charge in [-0.3, -0.25) is 0 Å². The first kappa shape index (κ1) is 54.3. The van der Waals surface area contributed by atoms with Gasteiger partial charge in [-0.15, -0.1) is 0 Å². The molecule has 3 saturated carbocycles. The van der Waals surface area contributed by atoms with Gasteiger partial charge in [-0.1, -0.05) is 39.3 Å². The van der Waals surface area contributed by atoms with Crippen LogP contribution in [-0.2, 0) is 47.4 Å². The molecule has 0 aromatic carbocycles. The lowest BCUT2D eigenvalue weighted by molar-refractivity contribution is -0.387. The third kappa shape index (κ3) is 9.09. The highest BCUT2D eigenvalue weighted by Gasteiger charge is 2.69. The molecule has 31 unspecified atom stereocenters. The molecule has 0 bridgehead atoms. The van der Waals surface area contributed by atoms with E-state index in [2.05, 4.69) is 33.8 Å². The van der Waals surface area contributed by atoms with Crippen LogP contribution in [0.2, 0.25) is 0 Å². The molecule has 0 radical (unpaired) electrons. The van der Waals surface area contributed by atoms with Crippen molar-refractivity contribution in [3.05, 3.63) is 11.6 Å². The predicted molar refractivity (Wildman–Crippen MR) is 245 cm³/mol. The summed E-state index contributed by atoms with van der Waals surface area (Å²) in [7, 11) is 0. The quantitative estimate of drug-likeness (QED) is 0.118. The first-order valence-corrected chi connectivity index (χ1v) is 26.7. The van der Waals surface area contributed by atoms with E-state index >= 15 is 0 Å². The van der Waals surface area contributed by atoms with E-state index in [1.165, 1.54) is 19.4 Å². The van der Waals surface area contributed by atoms with E-state index in [1.807, 2.05) is 0 Å². The van der Waals surface area contributed by atoms with E-state index in [0.717, 1.165) is 51.6 Å². The van der Waals surface area contributed by atoms with Crippen molar-refractivity contribution < 1.29 is 104 Å². The molecule has 10 rings (SSSR count). The predicted octanol–water partition coefficient (Wildman–Crippen LogP) is -0.934. The molecule has 0 aromatic heterocycles. The highest BCUT2D eigenvalue weighted by molar-refractivity contribution is 5.26. The summed E-state index contributed by atoms with van der Waals surface area (Å²) in [5, 5.41) is 120. The molecule has 0 amide bonds. The monoisotopic (exact) mass is 1030 g/mol. The molecule has 11 N–H and O–H groups in total. The zero-order chi connectivity index (χ0) is 51.5. The summed E-state index contributed by atoms with van der Waals surface area (Å²) in [6, 6.07) is 0. The van der Waals surface area contributed by atoms with Crippen molar-refractivity contribution in [3.8, 4) is 0 Å². The lowest BCUT2D eigenvalue weighted by atomic mass is 9.47. The SMILES string of the molecule is CC1CCC2(OC1)OC1CC3C4CC=C5CC(OC6OC(CO)C(OC7OC(CO)C(OC8OC(C)C(O)C(OC9OC(C)C(O)C(O)C9O)C8O)C(O)C7O)C(O)C6O)CCC5(C)C4CCC3(C)C1C2C. The molecular weight excluding hydrogens is 949 g/mol. The zero-order valence-electron chi connectivity index (χ0n) is 42.2. The van der Waals surface area contributed by atoms with Crippen LogP contribution in [0.5, 0.6) is 0 Å². The van der Waals surface area contributed by atoms with Crippen LogP contribution in [0.4, 0.5) is 0 Å². The van der Waals surface area contributed by atoms with E-state index in [9.17, 15) is 56.2 Å². The number of aliphatic hydroxyl groups is 11. The average molecular weight is 1030 g/mol. The fourth-order valence-electron chi connectivity index (χ4n) is 15.5. The van der Waals surface area contributed by atoms with Crippen molar-refractivity contribution >= 4 is 0 Å². The normalized spacial score (nSPS) is 57.8. The van der Waals surface area contributed by atoms with Gasteiger partial charge >= 0.3 is 0 Å². The minimum Gasteiger partial charge on any atom is -0.394 e.